The molecular weight excluding hydrogens is 426 g/mol. The summed E-state index contributed by atoms with van der Waals surface area (Å²) < 4.78 is 8.20. The van der Waals surface area contributed by atoms with Gasteiger partial charge in [0.15, 0.2) is 5.76 Å². The van der Waals surface area contributed by atoms with Gasteiger partial charge in [-0.25, -0.2) is 0 Å². The van der Waals surface area contributed by atoms with Crippen LogP contribution in [-0.4, -0.2) is 45.3 Å². The molecule has 3 fully saturated rings. The summed E-state index contributed by atoms with van der Waals surface area (Å²) in [5.74, 6) is 1.74. The van der Waals surface area contributed by atoms with Gasteiger partial charge in [-0.3, -0.25) is 9.59 Å². The third kappa shape index (κ3) is 4.69. The molecule has 0 spiro atoms. The van der Waals surface area contributed by atoms with Crippen molar-refractivity contribution in [1.29, 1.82) is 0 Å². The summed E-state index contributed by atoms with van der Waals surface area (Å²) in [4.78, 5) is 30.1. The molecule has 0 N–H and O–H groups in total. The summed E-state index contributed by atoms with van der Waals surface area (Å²) in [7, 11) is 0. The minimum absolute atomic E-state index is 0.0227. The third-order valence-corrected chi connectivity index (χ3v) is 7.88. The van der Waals surface area contributed by atoms with Crippen molar-refractivity contribution in [1.82, 2.24) is 14.4 Å². The first-order chi connectivity index (χ1) is 16.2. The van der Waals surface area contributed by atoms with Crippen LogP contribution in [-0.2, 0) is 17.9 Å². The molecule has 2 aliphatic carbocycles. The summed E-state index contributed by atoms with van der Waals surface area (Å²) in [5, 5.41) is 0. The van der Waals surface area contributed by atoms with E-state index < -0.39 is 0 Å². The van der Waals surface area contributed by atoms with Crippen LogP contribution in [0.25, 0.3) is 0 Å². The Labute approximate surface area is 203 Å². The number of amides is 2. The number of nitrogens with zero attached hydrogens (tertiary/aromatic N) is 3. The molecule has 6 heteroatoms. The van der Waals surface area contributed by atoms with Gasteiger partial charge in [-0.15, -0.1) is 0 Å². The van der Waals surface area contributed by atoms with E-state index in [1.54, 1.807) is 0 Å². The highest BCUT2D eigenvalue weighted by molar-refractivity contribution is 5.92. The maximum atomic E-state index is 13.4. The number of carbonyl (C=O) groups excluding carboxylic acids is 2. The number of hydrogen-bond donors (Lipinski definition) is 0. The van der Waals surface area contributed by atoms with Crippen molar-refractivity contribution in [2.24, 2.45) is 16.7 Å². The van der Waals surface area contributed by atoms with Gasteiger partial charge in [-0.05, 0) is 73.6 Å². The van der Waals surface area contributed by atoms with Crippen molar-refractivity contribution in [2.75, 3.05) is 13.1 Å². The second-order valence-corrected chi connectivity index (χ2v) is 12.1. The molecule has 2 aromatic heterocycles. The predicted octanol–water partition coefficient (Wildman–Crippen LogP) is 5.32. The lowest BCUT2D eigenvalue weighted by molar-refractivity contribution is -0.133. The molecule has 1 aliphatic heterocycles. The SMILES string of the molecule is CCCN(Cc1cccn1Cc1ccc(C(=O)N2CC3(C)CC2CC(C)(C)C3)o1)C(=O)C1CC1. The van der Waals surface area contributed by atoms with E-state index in [2.05, 4.69) is 43.2 Å². The minimum Gasteiger partial charge on any atom is -0.454 e. The van der Waals surface area contributed by atoms with Crippen molar-refractivity contribution in [3.05, 3.63) is 47.7 Å². The molecule has 2 atom stereocenters. The average molecular weight is 466 g/mol. The summed E-state index contributed by atoms with van der Waals surface area (Å²) in [6, 6.07) is 8.15. The Bertz CT molecular complexity index is 1060. The highest BCUT2D eigenvalue weighted by Gasteiger charge is 2.51. The van der Waals surface area contributed by atoms with Gasteiger partial charge < -0.3 is 18.8 Å². The maximum Gasteiger partial charge on any atom is 0.289 e. The van der Waals surface area contributed by atoms with Gasteiger partial charge in [0.2, 0.25) is 5.91 Å². The van der Waals surface area contributed by atoms with Gasteiger partial charge in [-0.2, -0.15) is 0 Å². The molecule has 1 saturated heterocycles. The van der Waals surface area contributed by atoms with Crippen molar-refractivity contribution in [2.45, 2.75) is 85.4 Å². The molecule has 6 nitrogen and oxygen atoms in total. The molecule has 5 rings (SSSR count). The molecule has 2 bridgehead atoms. The molecule has 34 heavy (non-hydrogen) atoms. The molecule has 0 radical (unpaired) electrons. The number of likely N-dealkylation sites (tertiary alicyclic amines) is 1. The monoisotopic (exact) mass is 465 g/mol. The summed E-state index contributed by atoms with van der Waals surface area (Å²) in [6.07, 6.45) is 8.35. The van der Waals surface area contributed by atoms with E-state index >= 15 is 0 Å². The Morgan fingerprint density at radius 2 is 1.94 bits per heavy atom. The molecule has 3 heterocycles. The Balaban J connectivity index is 1.26. The van der Waals surface area contributed by atoms with Crippen molar-refractivity contribution < 1.29 is 14.0 Å². The van der Waals surface area contributed by atoms with Crippen molar-refractivity contribution in [3.8, 4) is 0 Å². The second kappa shape index (κ2) is 8.62. The molecule has 2 saturated carbocycles. The standard InChI is InChI=1S/C28H39N3O3/c1-5-12-30(25(32)20-8-9-20)16-21-7-6-13-29(21)17-23-10-11-24(34-23)26(33)31-19-28(4)15-22(31)14-27(2,3)18-28/h6-7,10-11,13,20,22H,5,8-9,12,14-19H2,1-4H3. The lowest BCUT2D eigenvalue weighted by atomic mass is 9.65. The van der Waals surface area contributed by atoms with Gasteiger partial charge in [0.1, 0.15) is 5.76 Å². The van der Waals surface area contributed by atoms with Crippen molar-refractivity contribution in [3.63, 3.8) is 0 Å². The summed E-state index contributed by atoms with van der Waals surface area (Å²) >= 11 is 0. The number of fused-ring (bicyclic) bond motifs is 2. The number of furan rings is 1. The Morgan fingerprint density at radius 1 is 1.15 bits per heavy atom. The van der Waals surface area contributed by atoms with Gasteiger partial charge in [0.05, 0.1) is 13.1 Å². The third-order valence-electron chi connectivity index (χ3n) is 7.88. The summed E-state index contributed by atoms with van der Waals surface area (Å²) in [5.41, 5.74) is 1.58. The molecule has 3 aliphatic rings. The zero-order chi connectivity index (χ0) is 24.1. The lowest BCUT2D eigenvalue weighted by Crippen LogP contribution is -2.37. The predicted molar refractivity (Wildman–Crippen MR) is 131 cm³/mol. The van der Waals surface area contributed by atoms with E-state index in [0.717, 1.165) is 56.6 Å². The van der Waals surface area contributed by atoms with Crippen LogP contribution in [0.15, 0.2) is 34.9 Å². The van der Waals surface area contributed by atoms with Crippen LogP contribution in [0.3, 0.4) is 0 Å². The van der Waals surface area contributed by atoms with Gasteiger partial charge >= 0.3 is 0 Å². The number of aromatic nitrogens is 1. The van der Waals surface area contributed by atoms with E-state index in [1.165, 1.54) is 6.42 Å². The van der Waals surface area contributed by atoms with E-state index in [9.17, 15) is 9.59 Å². The van der Waals surface area contributed by atoms with Crippen LogP contribution in [0, 0.1) is 16.7 Å². The molecule has 2 unspecified atom stereocenters. The number of carbonyl (C=O) groups is 2. The molecule has 2 amide bonds. The smallest absolute Gasteiger partial charge is 0.289 e. The molecular formula is C28H39N3O3. The van der Waals surface area contributed by atoms with E-state index in [4.69, 9.17) is 4.42 Å². The molecule has 0 aromatic carbocycles. The average Bonchev–Trinajstić information content (AvgIpc) is 3.26. The van der Waals surface area contributed by atoms with Crippen LogP contribution in [0.5, 0.6) is 0 Å². The molecule has 184 valence electrons. The molecule has 2 aromatic rings. The number of rotatable bonds is 8. The van der Waals surface area contributed by atoms with Gasteiger partial charge in [0, 0.05) is 36.9 Å². The van der Waals surface area contributed by atoms with Crippen LogP contribution in [0.1, 0.15) is 88.2 Å². The Kier molecular flexibility index (Phi) is 5.89. The first-order valence-electron chi connectivity index (χ1n) is 13.0. The number of hydrogen-bond acceptors (Lipinski definition) is 3. The fraction of sp³-hybridized carbons (Fsp3) is 0.643. The van der Waals surface area contributed by atoms with Crippen LogP contribution < -0.4 is 0 Å². The quantitative estimate of drug-likeness (QED) is 0.530. The maximum absolute atomic E-state index is 13.4. The first kappa shape index (κ1) is 23.3. The van der Waals surface area contributed by atoms with E-state index in [1.807, 2.05) is 29.3 Å². The highest BCUT2D eigenvalue weighted by atomic mass is 16.4. The zero-order valence-corrected chi connectivity index (χ0v) is 21.2. The largest absolute Gasteiger partial charge is 0.454 e. The Morgan fingerprint density at radius 3 is 2.68 bits per heavy atom. The lowest BCUT2D eigenvalue weighted by Gasteiger charge is -2.39. The topological polar surface area (TPSA) is 58.7 Å². The fourth-order valence-electron chi connectivity index (χ4n) is 6.65. The minimum atomic E-state index is 0.0227. The Hall–Kier alpha value is -2.50. The van der Waals surface area contributed by atoms with E-state index in [-0.39, 0.29) is 28.6 Å². The highest BCUT2D eigenvalue weighted by Crippen LogP contribution is 2.52. The fourth-order valence-corrected chi connectivity index (χ4v) is 6.65. The van der Waals surface area contributed by atoms with Gasteiger partial charge in [0.25, 0.3) is 5.91 Å². The summed E-state index contributed by atoms with van der Waals surface area (Å²) in [6.45, 7) is 11.9. The zero-order valence-electron chi connectivity index (χ0n) is 21.2. The normalized spacial score (nSPS) is 25.5. The van der Waals surface area contributed by atoms with E-state index in [0.29, 0.717) is 24.9 Å². The van der Waals surface area contributed by atoms with Crippen LogP contribution >= 0.6 is 0 Å². The van der Waals surface area contributed by atoms with Crippen LogP contribution in [0.4, 0.5) is 0 Å². The van der Waals surface area contributed by atoms with Crippen molar-refractivity contribution >= 4 is 11.8 Å². The van der Waals surface area contributed by atoms with Gasteiger partial charge in [-0.1, -0.05) is 27.7 Å². The first-order valence-corrected chi connectivity index (χ1v) is 13.0. The second-order valence-electron chi connectivity index (χ2n) is 12.1. The van der Waals surface area contributed by atoms with Crippen LogP contribution in [0.2, 0.25) is 0 Å².